The Kier molecular flexibility index (Phi) is 3.87. The Morgan fingerprint density at radius 1 is 1.22 bits per heavy atom. The van der Waals surface area contributed by atoms with Crippen LogP contribution in [0.4, 0.5) is 13.2 Å². The van der Waals surface area contributed by atoms with E-state index >= 15 is 0 Å². The van der Waals surface area contributed by atoms with Crippen LogP contribution in [-0.2, 0) is 12.6 Å². The number of hydrogen-bond acceptors (Lipinski definition) is 3. The molecule has 0 saturated carbocycles. The number of nitrogens with zero attached hydrogens (tertiary/aromatic N) is 2. The lowest BCUT2D eigenvalue weighted by molar-refractivity contribution is -0.137. The number of benzene rings is 1. The lowest BCUT2D eigenvalue weighted by atomic mass is 10.1. The standard InChI is InChI=1S/C11H8ClF3N2S/c12-5-4-9-16-17-10(18-9)7-2-1-3-8(6-7)11(13,14)15/h1-3,6H,4-5H2. The molecule has 0 spiro atoms. The lowest BCUT2D eigenvalue weighted by Crippen LogP contribution is -2.04. The molecule has 18 heavy (non-hydrogen) atoms. The van der Waals surface area contributed by atoms with Gasteiger partial charge in [-0.15, -0.1) is 21.8 Å². The molecule has 0 saturated heterocycles. The molecule has 2 aromatic rings. The van der Waals surface area contributed by atoms with Crippen molar-refractivity contribution in [2.75, 3.05) is 5.88 Å². The predicted molar refractivity (Wildman–Crippen MR) is 64.8 cm³/mol. The van der Waals surface area contributed by atoms with Crippen molar-refractivity contribution in [3.05, 3.63) is 34.8 Å². The normalized spacial score (nSPS) is 11.8. The van der Waals surface area contributed by atoms with Gasteiger partial charge in [-0.1, -0.05) is 23.5 Å². The van der Waals surface area contributed by atoms with Gasteiger partial charge >= 0.3 is 6.18 Å². The highest BCUT2D eigenvalue weighted by Gasteiger charge is 2.30. The molecule has 0 amide bonds. The van der Waals surface area contributed by atoms with Crippen molar-refractivity contribution in [3.8, 4) is 10.6 Å². The molecule has 1 aromatic carbocycles. The van der Waals surface area contributed by atoms with Crippen LogP contribution in [0, 0.1) is 0 Å². The molecule has 0 unspecified atom stereocenters. The fourth-order valence-corrected chi connectivity index (χ4v) is 2.51. The molecule has 7 heteroatoms. The van der Waals surface area contributed by atoms with Gasteiger partial charge in [0.1, 0.15) is 10.0 Å². The predicted octanol–water partition coefficient (Wildman–Crippen LogP) is 4.01. The molecule has 0 aliphatic carbocycles. The summed E-state index contributed by atoms with van der Waals surface area (Å²) in [4.78, 5) is 0. The van der Waals surface area contributed by atoms with Crippen LogP contribution < -0.4 is 0 Å². The minimum atomic E-state index is -4.35. The van der Waals surface area contributed by atoms with Crippen LogP contribution in [0.25, 0.3) is 10.6 Å². The van der Waals surface area contributed by atoms with Gasteiger partial charge in [0.15, 0.2) is 0 Å². The Morgan fingerprint density at radius 2 is 2.00 bits per heavy atom. The van der Waals surface area contributed by atoms with Crippen molar-refractivity contribution in [1.29, 1.82) is 0 Å². The van der Waals surface area contributed by atoms with E-state index in [0.717, 1.165) is 17.1 Å². The van der Waals surface area contributed by atoms with Crippen molar-refractivity contribution < 1.29 is 13.2 Å². The molecule has 96 valence electrons. The second kappa shape index (κ2) is 5.24. The third-order valence-electron chi connectivity index (χ3n) is 2.21. The molecule has 0 aliphatic rings. The van der Waals surface area contributed by atoms with E-state index in [0.29, 0.717) is 22.9 Å². The zero-order chi connectivity index (χ0) is 13.2. The highest BCUT2D eigenvalue weighted by molar-refractivity contribution is 7.14. The van der Waals surface area contributed by atoms with E-state index < -0.39 is 11.7 Å². The van der Waals surface area contributed by atoms with Gasteiger partial charge in [-0.2, -0.15) is 13.2 Å². The second-order valence-electron chi connectivity index (χ2n) is 3.52. The number of aryl methyl sites for hydroxylation is 1. The molecule has 0 fully saturated rings. The van der Waals surface area contributed by atoms with Crippen molar-refractivity contribution in [2.45, 2.75) is 12.6 Å². The first-order chi connectivity index (χ1) is 8.50. The summed E-state index contributed by atoms with van der Waals surface area (Å²) in [5.74, 6) is 0.414. The van der Waals surface area contributed by atoms with E-state index in [9.17, 15) is 13.2 Å². The fraction of sp³-hybridized carbons (Fsp3) is 0.273. The van der Waals surface area contributed by atoms with E-state index in [-0.39, 0.29) is 0 Å². The molecular weight excluding hydrogens is 285 g/mol. The smallest absolute Gasteiger partial charge is 0.166 e. The first-order valence-corrected chi connectivity index (χ1v) is 6.42. The summed E-state index contributed by atoms with van der Waals surface area (Å²) in [5.41, 5.74) is -0.266. The molecule has 0 atom stereocenters. The average molecular weight is 293 g/mol. The molecule has 0 aliphatic heterocycles. The maximum absolute atomic E-state index is 12.6. The summed E-state index contributed by atoms with van der Waals surface area (Å²) >= 11 is 6.82. The SMILES string of the molecule is FC(F)(F)c1cccc(-c2nnc(CCCl)s2)c1. The van der Waals surface area contributed by atoms with Crippen LogP contribution in [0.5, 0.6) is 0 Å². The lowest BCUT2D eigenvalue weighted by Gasteiger charge is -2.06. The molecule has 1 heterocycles. The Labute approximate surface area is 110 Å². The van der Waals surface area contributed by atoms with Crippen LogP contribution in [-0.4, -0.2) is 16.1 Å². The monoisotopic (exact) mass is 292 g/mol. The molecule has 0 N–H and O–H groups in total. The van der Waals surface area contributed by atoms with E-state index in [1.807, 2.05) is 0 Å². The molecule has 1 aromatic heterocycles. The van der Waals surface area contributed by atoms with Crippen molar-refractivity contribution in [2.24, 2.45) is 0 Å². The maximum Gasteiger partial charge on any atom is 0.416 e. The minimum absolute atomic E-state index is 0.414. The van der Waals surface area contributed by atoms with Gasteiger partial charge in [0.05, 0.1) is 5.56 Å². The van der Waals surface area contributed by atoms with Gasteiger partial charge in [0, 0.05) is 17.9 Å². The zero-order valence-electron chi connectivity index (χ0n) is 9.04. The summed E-state index contributed by atoms with van der Waals surface area (Å²) in [7, 11) is 0. The Balaban J connectivity index is 2.32. The van der Waals surface area contributed by atoms with Gasteiger partial charge in [-0.25, -0.2) is 0 Å². The van der Waals surface area contributed by atoms with Crippen molar-refractivity contribution in [3.63, 3.8) is 0 Å². The largest absolute Gasteiger partial charge is 0.416 e. The zero-order valence-corrected chi connectivity index (χ0v) is 10.6. The number of hydrogen-bond donors (Lipinski definition) is 0. The van der Waals surface area contributed by atoms with Gasteiger partial charge in [0.2, 0.25) is 0 Å². The summed E-state index contributed by atoms with van der Waals surface area (Å²) < 4.78 is 37.7. The van der Waals surface area contributed by atoms with Crippen LogP contribution >= 0.6 is 22.9 Å². The van der Waals surface area contributed by atoms with E-state index in [4.69, 9.17) is 11.6 Å². The molecule has 2 rings (SSSR count). The fourth-order valence-electron chi connectivity index (χ4n) is 1.38. The highest BCUT2D eigenvalue weighted by atomic mass is 35.5. The summed E-state index contributed by atoms with van der Waals surface area (Å²) in [5, 5.41) is 8.94. The van der Waals surface area contributed by atoms with Crippen molar-refractivity contribution >= 4 is 22.9 Å². The Hall–Kier alpha value is -1.14. The number of alkyl halides is 4. The van der Waals surface area contributed by atoms with Gasteiger partial charge in [0.25, 0.3) is 0 Å². The van der Waals surface area contributed by atoms with E-state index in [2.05, 4.69) is 10.2 Å². The molecule has 0 bridgehead atoms. The third-order valence-corrected chi connectivity index (χ3v) is 3.43. The van der Waals surface area contributed by atoms with Gasteiger partial charge in [-0.05, 0) is 12.1 Å². The quantitative estimate of drug-likeness (QED) is 0.799. The topological polar surface area (TPSA) is 25.8 Å². The number of aromatic nitrogens is 2. The van der Waals surface area contributed by atoms with Crippen LogP contribution in [0.15, 0.2) is 24.3 Å². The number of halogens is 4. The Morgan fingerprint density at radius 3 is 2.67 bits per heavy atom. The highest BCUT2D eigenvalue weighted by Crippen LogP contribution is 2.32. The van der Waals surface area contributed by atoms with Crippen molar-refractivity contribution in [1.82, 2.24) is 10.2 Å². The maximum atomic E-state index is 12.6. The summed E-state index contributed by atoms with van der Waals surface area (Å²) in [6.07, 6.45) is -3.78. The first kappa shape index (κ1) is 13.3. The van der Waals surface area contributed by atoms with Crippen LogP contribution in [0.3, 0.4) is 0 Å². The Bertz CT molecular complexity index is 539. The first-order valence-electron chi connectivity index (χ1n) is 5.06. The third kappa shape index (κ3) is 3.00. The van der Waals surface area contributed by atoms with Crippen LogP contribution in [0.2, 0.25) is 0 Å². The summed E-state index contributed by atoms with van der Waals surface area (Å²) in [6.45, 7) is 0. The summed E-state index contributed by atoms with van der Waals surface area (Å²) in [6, 6.07) is 5.05. The number of rotatable bonds is 3. The average Bonchev–Trinajstić information content (AvgIpc) is 2.77. The van der Waals surface area contributed by atoms with Crippen LogP contribution in [0.1, 0.15) is 10.6 Å². The van der Waals surface area contributed by atoms with Gasteiger partial charge < -0.3 is 0 Å². The molecular formula is C11H8ClF3N2S. The molecule has 0 radical (unpaired) electrons. The van der Waals surface area contributed by atoms with E-state index in [1.165, 1.54) is 17.4 Å². The molecule has 2 nitrogen and oxygen atoms in total. The minimum Gasteiger partial charge on any atom is -0.166 e. The van der Waals surface area contributed by atoms with Gasteiger partial charge in [-0.3, -0.25) is 0 Å². The second-order valence-corrected chi connectivity index (χ2v) is 4.96. The van der Waals surface area contributed by atoms with E-state index in [1.54, 1.807) is 6.07 Å².